The highest BCUT2D eigenvalue weighted by Gasteiger charge is 2.31. The monoisotopic (exact) mass is 310 g/mol. The summed E-state index contributed by atoms with van der Waals surface area (Å²) in [7, 11) is 1.51. The van der Waals surface area contributed by atoms with Crippen LogP contribution in [0.4, 0.5) is 13.2 Å². The van der Waals surface area contributed by atoms with Crippen molar-refractivity contribution in [2.24, 2.45) is 0 Å². The average molecular weight is 310 g/mol. The molecule has 0 aliphatic rings. The van der Waals surface area contributed by atoms with Crippen molar-refractivity contribution in [3.63, 3.8) is 0 Å². The van der Waals surface area contributed by atoms with Crippen LogP contribution in [-0.2, 0) is 12.8 Å². The maximum Gasteiger partial charge on any atom is 0.416 e. The minimum Gasteiger partial charge on any atom is -0.496 e. The summed E-state index contributed by atoms with van der Waals surface area (Å²) in [5.41, 5.74) is -0.314. The fraction of sp³-hybridized carbons (Fsp3) is 0.188. The van der Waals surface area contributed by atoms with Gasteiger partial charge in [-0.15, -0.1) is 0 Å². The van der Waals surface area contributed by atoms with Gasteiger partial charge >= 0.3 is 6.18 Å². The number of hydrogen-bond acceptors (Lipinski definition) is 3. The molecule has 3 nitrogen and oxygen atoms in total. The standard InChI is InChI=1S/C16H13F3O3/c1-21-14-5-3-2-4-11(14)10-22-15-7-6-13(16(17,18)19)8-12(15)9-20/h2-9H,10H2,1H3. The van der Waals surface area contributed by atoms with E-state index in [2.05, 4.69) is 0 Å². The van der Waals surface area contributed by atoms with Crippen LogP contribution in [0.25, 0.3) is 0 Å². The van der Waals surface area contributed by atoms with Gasteiger partial charge in [-0.25, -0.2) is 0 Å². The number of carbonyl (C=O) groups is 1. The lowest BCUT2D eigenvalue weighted by molar-refractivity contribution is -0.137. The fourth-order valence-electron chi connectivity index (χ4n) is 1.93. The van der Waals surface area contributed by atoms with E-state index >= 15 is 0 Å². The van der Waals surface area contributed by atoms with E-state index in [-0.39, 0.29) is 17.9 Å². The maximum atomic E-state index is 12.6. The Morgan fingerprint density at radius 2 is 1.82 bits per heavy atom. The number of carbonyl (C=O) groups excluding carboxylic acids is 1. The summed E-state index contributed by atoms with van der Waals surface area (Å²) in [6, 6.07) is 9.87. The first-order chi connectivity index (χ1) is 10.5. The lowest BCUT2D eigenvalue weighted by atomic mass is 10.1. The summed E-state index contributed by atoms with van der Waals surface area (Å²) in [4.78, 5) is 11.0. The summed E-state index contributed by atoms with van der Waals surface area (Å²) in [5, 5.41) is 0. The van der Waals surface area contributed by atoms with E-state index in [0.29, 0.717) is 12.0 Å². The third kappa shape index (κ3) is 3.58. The van der Waals surface area contributed by atoms with Crippen LogP contribution in [0, 0.1) is 0 Å². The van der Waals surface area contributed by atoms with Crippen molar-refractivity contribution < 1.29 is 27.4 Å². The molecule has 2 aromatic rings. The molecule has 2 aromatic carbocycles. The number of benzene rings is 2. The van der Waals surface area contributed by atoms with Crippen molar-refractivity contribution in [2.75, 3.05) is 7.11 Å². The molecule has 0 fully saturated rings. The molecule has 116 valence electrons. The van der Waals surface area contributed by atoms with Crippen LogP contribution >= 0.6 is 0 Å². The molecule has 0 atom stereocenters. The van der Waals surface area contributed by atoms with E-state index in [1.54, 1.807) is 24.3 Å². The molecule has 0 saturated heterocycles. The number of ether oxygens (including phenoxy) is 2. The topological polar surface area (TPSA) is 35.5 Å². The Kier molecular flexibility index (Phi) is 4.70. The summed E-state index contributed by atoms with van der Waals surface area (Å²) >= 11 is 0. The fourth-order valence-corrected chi connectivity index (χ4v) is 1.93. The first kappa shape index (κ1) is 15.9. The molecule has 0 N–H and O–H groups in total. The van der Waals surface area contributed by atoms with E-state index in [4.69, 9.17) is 9.47 Å². The Balaban J connectivity index is 2.21. The molecule has 0 amide bonds. The van der Waals surface area contributed by atoms with Crippen molar-refractivity contribution in [1.82, 2.24) is 0 Å². The second-order valence-electron chi connectivity index (χ2n) is 4.47. The molecule has 0 unspecified atom stereocenters. The summed E-state index contributed by atoms with van der Waals surface area (Å²) in [5.74, 6) is 0.691. The number of rotatable bonds is 5. The van der Waals surface area contributed by atoms with E-state index < -0.39 is 11.7 Å². The first-order valence-corrected chi connectivity index (χ1v) is 6.37. The molecule has 6 heteroatoms. The van der Waals surface area contributed by atoms with Crippen LogP contribution in [0.2, 0.25) is 0 Å². The Hall–Kier alpha value is -2.50. The number of para-hydroxylation sites is 1. The normalized spacial score (nSPS) is 11.1. The molecule has 0 aliphatic carbocycles. The Bertz CT molecular complexity index is 666. The van der Waals surface area contributed by atoms with E-state index in [0.717, 1.165) is 23.8 Å². The number of aldehydes is 1. The second kappa shape index (κ2) is 6.51. The predicted molar refractivity (Wildman–Crippen MR) is 74.2 cm³/mol. The molecule has 2 rings (SSSR count). The molecule has 0 heterocycles. The zero-order chi connectivity index (χ0) is 16.2. The molecule has 0 radical (unpaired) electrons. The molecule has 0 saturated carbocycles. The number of hydrogen-bond donors (Lipinski definition) is 0. The van der Waals surface area contributed by atoms with Gasteiger partial charge < -0.3 is 9.47 Å². The third-order valence-corrected chi connectivity index (χ3v) is 3.04. The number of halogens is 3. The first-order valence-electron chi connectivity index (χ1n) is 6.37. The average Bonchev–Trinajstić information content (AvgIpc) is 2.52. The SMILES string of the molecule is COc1ccccc1COc1ccc(C(F)(F)F)cc1C=O. The lowest BCUT2D eigenvalue weighted by Crippen LogP contribution is -2.07. The lowest BCUT2D eigenvalue weighted by Gasteiger charge is -2.13. The molecular weight excluding hydrogens is 297 g/mol. The number of methoxy groups -OCH3 is 1. The molecule has 0 bridgehead atoms. The van der Waals surface area contributed by atoms with Crippen molar-refractivity contribution >= 4 is 6.29 Å². The van der Waals surface area contributed by atoms with Gasteiger partial charge in [0, 0.05) is 5.56 Å². The van der Waals surface area contributed by atoms with Gasteiger partial charge in [-0.05, 0) is 24.3 Å². The molecule has 0 aromatic heterocycles. The Labute approximate surface area is 125 Å². The van der Waals surface area contributed by atoms with Crippen LogP contribution in [-0.4, -0.2) is 13.4 Å². The smallest absolute Gasteiger partial charge is 0.416 e. The Morgan fingerprint density at radius 3 is 2.45 bits per heavy atom. The highest BCUT2D eigenvalue weighted by Crippen LogP contribution is 2.32. The zero-order valence-corrected chi connectivity index (χ0v) is 11.7. The molecule has 0 spiro atoms. The largest absolute Gasteiger partial charge is 0.496 e. The van der Waals surface area contributed by atoms with Gasteiger partial charge in [0.15, 0.2) is 6.29 Å². The van der Waals surface area contributed by atoms with Crippen LogP contribution in [0.15, 0.2) is 42.5 Å². The summed E-state index contributed by atoms with van der Waals surface area (Å²) in [6.07, 6.45) is -4.16. The van der Waals surface area contributed by atoms with Gasteiger partial charge in [0.2, 0.25) is 0 Å². The van der Waals surface area contributed by atoms with Crippen molar-refractivity contribution in [3.8, 4) is 11.5 Å². The summed E-state index contributed by atoms with van der Waals surface area (Å²) < 4.78 is 48.4. The van der Waals surface area contributed by atoms with Crippen molar-refractivity contribution in [1.29, 1.82) is 0 Å². The van der Waals surface area contributed by atoms with E-state index in [9.17, 15) is 18.0 Å². The minimum absolute atomic E-state index is 0.0796. The maximum absolute atomic E-state index is 12.6. The quantitative estimate of drug-likeness (QED) is 0.780. The van der Waals surface area contributed by atoms with E-state index in [1.165, 1.54) is 7.11 Å². The Morgan fingerprint density at radius 1 is 1.09 bits per heavy atom. The molecule has 0 aliphatic heterocycles. The van der Waals surface area contributed by atoms with Gasteiger partial charge in [-0.1, -0.05) is 18.2 Å². The minimum atomic E-state index is -4.50. The second-order valence-corrected chi connectivity index (χ2v) is 4.47. The molecular formula is C16H13F3O3. The predicted octanol–water partition coefficient (Wildman–Crippen LogP) is 4.11. The summed E-state index contributed by atoms with van der Waals surface area (Å²) in [6.45, 7) is 0.0796. The van der Waals surface area contributed by atoms with Gasteiger partial charge in [0.05, 0.1) is 18.2 Å². The third-order valence-electron chi connectivity index (χ3n) is 3.04. The van der Waals surface area contributed by atoms with Crippen LogP contribution < -0.4 is 9.47 Å². The van der Waals surface area contributed by atoms with Crippen molar-refractivity contribution in [3.05, 3.63) is 59.2 Å². The van der Waals surface area contributed by atoms with E-state index in [1.807, 2.05) is 0 Å². The van der Waals surface area contributed by atoms with Gasteiger partial charge in [-0.3, -0.25) is 4.79 Å². The van der Waals surface area contributed by atoms with Gasteiger partial charge in [0.25, 0.3) is 0 Å². The van der Waals surface area contributed by atoms with Crippen LogP contribution in [0.3, 0.4) is 0 Å². The van der Waals surface area contributed by atoms with Crippen LogP contribution in [0.1, 0.15) is 21.5 Å². The van der Waals surface area contributed by atoms with Gasteiger partial charge in [-0.2, -0.15) is 13.2 Å². The zero-order valence-electron chi connectivity index (χ0n) is 11.7. The highest BCUT2D eigenvalue weighted by atomic mass is 19.4. The number of alkyl halides is 3. The molecule has 22 heavy (non-hydrogen) atoms. The van der Waals surface area contributed by atoms with Gasteiger partial charge in [0.1, 0.15) is 18.1 Å². The highest BCUT2D eigenvalue weighted by molar-refractivity contribution is 5.79. The van der Waals surface area contributed by atoms with Crippen LogP contribution in [0.5, 0.6) is 11.5 Å². The van der Waals surface area contributed by atoms with Crippen molar-refractivity contribution in [2.45, 2.75) is 12.8 Å².